The smallest absolute Gasteiger partial charge is 0.247 e. The minimum atomic E-state index is -0.865. The summed E-state index contributed by atoms with van der Waals surface area (Å²) in [4.78, 5) is 53.8. The molecule has 2 fully saturated rings. The van der Waals surface area contributed by atoms with Gasteiger partial charge in [0.15, 0.2) is 5.78 Å². The van der Waals surface area contributed by atoms with Crippen LogP contribution in [0, 0.1) is 23.7 Å². The lowest BCUT2D eigenvalue weighted by Crippen LogP contribution is -2.47. The van der Waals surface area contributed by atoms with Crippen molar-refractivity contribution in [2.75, 3.05) is 5.32 Å². The Kier molecular flexibility index (Phi) is 4.41. The zero-order chi connectivity index (χ0) is 22.9. The number of benzene rings is 2. The molecule has 2 aromatic rings. The van der Waals surface area contributed by atoms with Crippen molar-refractivity contribution in [1.82, 2.24) is 4.90 Å². The number of imide groups is 1. The number of ketones is 1. The molecule has 1 saturated heterocycles. The van der Waals surface area contributed by atoms with E-state index in [1.165, 1.54) is 4.90 Å². The number of rotatable bonds is 4. The Labute approximate surface area is 191 Å². The van der Waals surface area contributed by atoms with Gasteiger partial charge in [-0.3, -0.25) is 24.1 Å². The molecule has 2 bridgehead atoms. The van der Waals surface area contributed by atoms with Crippen LogP contribution in [0.3, 0.4) is 0 Å². The molecule has 0 radical (unpaired) electrons. The molecule has 1 aliphatic heterocycles. The molecule has 5 atom stereocenters. The SMILES string of the molecule is CC[C@H](C(=O)Nc1ccc2c(c1)C(=O)c1ccccc1-2)N1C(=O)[C@@H]2[C@H](C1=O)[C@H]1C=C[C@H]2CC1. The fraction of sp³-hybridized carbons (Fsp3) is 0.333. The maximum atomic E-state index is 13.3. The van der Waals surface area contributed by atoms with Gasteiger partial charge in [0.2, 0.25) is 17.7 Å². The number of fused-ring (bicyclic) bond motifs is 4. The first-order valence-corrected chi connectivity index (χ1v) is 11.6. The van der Waals surface area contributed by atoms with E-state index < -0.39 is 11.9 Å². The largest absolute Gasteiger partial charge is 0.324 e. The maximum Gasteiger partial charge on any atom is 0.247 e. The minimum Gasteiger partial charge on any atom is -0.324 e. The average Bonchev–Trinajstić information content (AvgIpc) is 3.28. The summed E-state index contributed by atoms with van der Waals surface area (Å²) < 4.78 is 0. The molecule has 0 spiro atoms. The Morgan fingerprint density at radius 2 is 1.52 bits per heavy atom. The first kappa shape index (κ1) is 20.1. The summed E-state index contributed by atoms with van der Waals surface area (Å²) in [6, 6.07) is 11.9. The lowest BCUT2D eigenvalue weighted by molar-refractivity contribution is -0.146. The number of carbonyl (C=O) groups excluding carboxylic acids is 4. The second kappa shape index (κ2) is 7.24. The Bertz CT molecular complexity index is 1230. The Morgan fingerprint density at radius 1 is 0.909 bits per heavy atom. The number of amides is 3. The van der Waals surface area contributed by atoms with Gasteiger partial charge in [0.1, 0.15) is 6.04 Å². The maximum absolute atomic E-state index is 13.3. The van der Waals surface area contributed by atoms with Crippen molar-refractivity contribution in [3.8, 4) is 11.1 Å². The Balaban J connectivity index is 1.25. The second-order valence-electron chi connectivity index (χ2n) is 9.44. The van der Waals surface area contributed by atoms with Crippen LogP contribution in [-0.2, 0) is 14.4 Å². The molecule has 2 aromatic carbocycles. The lowest BCUT2D eigenvalue weighted by Gasteiger charge is -2.38. The van der Waals surface area contributed by atoms with Crippen LogP contribution in [0.4, 0.5) is 5.69 Å². The zero-order valence-electron chi connectivity index (χ0n) is 18.3. The first-order valence-electron chi connectivity index (χ1n) is 11.6. The third-order valence-electron chi connectivity index (χ3n) is 7.79. The standard InChI is InChI=1S/C27H24N2O4/c1-2-21(29-26(32)22-14-7-8-15(10-9-14)23(22)27(29)33)25(31)28-16-11-12-18-17-5-3-4-6-19(17)24(30)20(18)13-16/h3-8,11-15,21-23H,2,9-10H2,1H3,(H,28,31)/t14-,15-,21+,22-,23+/m0/s1. The summed E-state index contributed by atoms with van der Waals surface area (Å²) >= 11 is 0. The molecule has 7 rings (SSSR count). The lowest BCUT2D eigenvalue weighted by atomic mass is 9.63. The molecule has 0 unspecified atom stereocenters. The summed E-state index contributed by atoms with van der Waals surface area (Å²) in [6.07, 6.45) is 6.32. The summed E-state index contributed by atoms with van der Waals surface area (Å²) in [5.41, 5.74) is 3.42. The molecule has 33 heavy (non-hydrogen) atoms. The van der Waals surface area contributed by atoms with E-state index >= 15 is 0 Å². The Hall–Kier alpha value is -3.54. The van der Waals surface area contributed by atoms with Gasteiger partial charge in [-0.05, 0) is 54.4 Å². The average molecular weight is 440 g/mol. The third-order valence-corrected chi connectivity index (χ3v) is 7.79. The fourth-order valence-corrected chi connectivity index (χ4v) is 6.22. The molecular formula is C27H24N2O4. The number of nitrogens with zero attached hydrogens (tertiary/aromatic N) is 1. The van der Waals surface area contributed by atoms with Crippen LogP contribution < -0.4 is 5.32 Å². The zero-order valence-corrected chi connectivity index (χ0v) is 18.3. The number of hydrogen-bond acceptors (Lipinski definition) is 4. The van der Waals surface area contributed by atoms with Crippen molar-refractivity contribution in [3.63, 3.8) is 0 Å². The highest BCUT2D eigenvalue weighted by Crippen LogP contribution is 2.50. The van der Waals surface area contributed by atoms with Gasteiger partial charge in [-0.2, -0.15) is 0 Å². The quantitative estimate of drug-likeness (QED) is 0.494. The molecule has 4 aliphatic carbocycles. The summed E-state index contributed by atoms with van der Waals surface area (Å²) in [5, 5.41) is 2.85. The van der Waals surface area contributed by atoms with Crippen LogP contribution in [-0.4, -0.2) is 34.4 Å². The normalized spacial score (nSPS) is 27.4. The van der Waals surface area contributed by atoms with Crippen molar-refractivity contribution >= 4 is 29.2 Å². The molecule has 6 heteroatoms. The fourth-order valence-electron chi connectivity index (χ4n) is 6.22. The van der Waals surface area contributed by atoms with E-state index in [1.54, 1.807) is 18.2 Å². The third kappa shape index (κ3) is 2.79. The number of nitrogens with one attached hydrogen (secondary N) is 1. The molecule has 3 amide bonds. The van der Waals surface area contributed by atoms with Crippen LogP contribution >= 0.6 is 0 Å². The molecule has 1 saturated carbocycles. The Morgan fingerprint density at radius 3 is 2.12 bits per heavy atom. The van der Waals surface area contributed by atoms with Crippen LogP contribution in [0.5, 0.6) is 0 Å². The molecule has 5 aliphatic rings. The molecule has 6 nitrogen and oxygen atoms in total. The van der Waals surface area contributed by atoms with E-state index in [2.05, 4.69) is 17.5 Å². The van der Waals surface area contributed by atoms with Crippen LogP contribution in [0.1, 0.15) is 42.1 Å². The number of carbonyl (C=O) groups is 4. The van der Waals surface area contributed by atoms with Crippen molar-refractivity contribution in [3.05, 3.63) is 65.7 Å². The van der Waals surface area contributed by atoms with E-state index in [1.807, 2.05) is 31.2 Å². The van der Waals surface area contributed by atoms with E-state index in [0.29, 0.717) is 23.2 Å². The number of hydrogen-bond donors (Lipinski definition) is 1. The predicted molar refractivity (Wildman–Crippen MR) is 122 cm³/mol. The van der Waals surface area contributed by atoms with Gasteiger partial charge in [0.05, 0.1) is 11.8 Å². The van der Waals surface area contributed by atoms with Crippen molar-refractivity contribution in [1.29, 1.82) is 0 Å². The number of likely N-dealkylation sites (tertiary alicyclic amines) is 1. The summed E-state index contributed by atoms with van der Waals surface area (Å²) in [5.74, 6) is -1.39. The second-order valence-corrected chi connectivity index (χ2v) is 9.44. The van der Waals surface area contributed by atoms with Crippen LogP contribution in [0.15, 0.2) is 54.6 Å². The molecule has 166 valence electrons. The predicted octanol–water partition coefficient (Wildman–Crippen LogP) is 3.81. The van der Waals surface area contributed by atoms with E-state index in [-0.39, 0.29) is 41.3 Å². The topological polar surface area (TPSA) is 83.6 Å². The summed E-state index contributed by atoms with van der Waals surface area (Å²) in [7, 11) is 0. The van der Waals surface area contributed by atoms with Gasteiger partial charge in [-0.15, -0.1) is 0 Å². The van der Waals surface area contributed by atoms with E-state index in [9.17, 15) is 19.2 Å². The van der Waals surface area contributed by atoms with E-state index in [0.717, 1.165) is 24.0 Å². The monoisotopic (exact) mass is 440 g/mol. The number of anilines is 1. The molecule has 1 heterocycles. The van der Waals surface area contributed by atoms with Crippen molar-refractivity contribution in [2.45, 2.75) is 32.2 Å². The molecule has 0 aromatic heterocycles. The number of allylic oxidation sites excluding steroid dienone is 2. The van der Waals surface area contributed by atoms with Crippen LogP contribution in [0.2, 0.25) is 0 Å². The highest BCUT2D eigenvalue weighted by atomic mass is 16.2. The van der Waals surface area contributed by atoms with Gasteiger partial charge in [0, 0.05) is 16.8 Å². The molecule has 1 N–H and O–H groups in total. The minimum absolute atomic E-state index is 0.0688. The van der Waals surface area contributed by atoms with Gasteiger partial charge in [0.25, 0.3) is 0 Å². The summed E-state index contributed by atoms with van der Waals surface area (Å²) in [6.45, 7) is 1.81. The van der Waals surface area contributed by atoms with Gasteiger partial charge in [-0.25, -0.2) is 0 Å². The van der Waals surface area contributed by atoms with Crippen LogP contribution in [0.25, 0.3) is 11.1 Å². The highest BCUT2D eigenvalue weighted by molar-refractivity contribution is 6.22. The van der Waals surface area contributed by atoms with Crippen molar-refractivity contribution < 1.29 is 19.2 Å². The van der Waals surface area contributed by atoms with Gasteiger partial charge < -0.3 is 5.32 Å². The van der Waals surface area contributed by atoms with Gasteiger partial charge in [-0.1, -0.05) is 49.4 Å². The molecular weight excluding hydrogens is 416 g/mol. The highest BCUT2D eigenvalue weighted by Gasteiger charge is 2.58. The first-order chi connectivity index (χ1) is 16.0. The van der Waals surface area contributed by atoms with Gasteiger partial charge >= 0.3 is 0 Å². The van der Waals surface area contributed by atoms with E-state index in [4.69, 9.17) is 0 Å². The van der Waals surface area contributed by atoms with Crippen molar-refractivity contribution in [2.24, 2.45) is 23.7 Å².